The fourth-order valence-electron chi connectivity index (χ4n) is 2.55. The zero-order chi connectivity index (χ0) is 17.9. The molecule has 0 radical (unpaired) electrons. The largest absolute Gasteiger partial charge is 0.492 e. The Kier molecular flexibility index (Phi) is 5.15. The van der Waals surface area contributed by atoms with Crippen LogP contribution in [0.3, 0.4) is 0 Å². The van der Waals surface area contributed by atoms with Crippen molar-refractivity contribution in [2.45, 2.75) is 24.7 Å². The Morgan fingerprint density at radius 3 is 2.68 bits per heavy atom. The first kappa shape index (κ1) is 17.6. The number of rotatable bonds is 7. The van der Waals surface area contributed by atoms with Crippen LogP contribution < -0.4 is 18.9 Å². The maximum atomic E-state index is 12.4. The van der Waals surface area contributed by atoms with Gasteiger partial charge in [0.05, 0.1) is 4.90 Å². The summed E-state index contributed by atoms with van der Waals surface area (Å²) in [5.41, 5.74) is 1.10. The summed E-state index contributed by atoms with van der Waals surface area (Å²) in [6.45, 7) is 4.70. The van der Waals surface area contributed by atoms with Gasteiger partial charge in [0.25, 0.3) is 0 Å². The lowest BCUT2D eigenvalue weighted by Gasteiger charge is -2.14. The molecule has 0 aliphatic carbocycles. The molecule has 2 aromatic rings. The normalized spacial score (nSPS) is 13.2. The summed E-state index contributed by atoms with van der Waals surface area (Å²) in [6.07, 6.45) is 0. The lowest BCUT2D eigenvalue weighted by molar-refractivity contribution is 0.174. The predicted octanol–water partition coefficient (Wildman–Crippen LogP) is 2.90. The third-order valence-electron chi connectivity index (χ3n) is 3.85. The van der Waals surface area contributed by atoms with E-state index in [0.717, 1.165) is 11.3 Å². The Balaban J connectivity index is 1.58. The van der Waals surface area contributed by atoms with Crippen LogP contribution in [0.4, 0.5) is 0 Å². The van der Waals surface area contributed by atoms with Crippen molar-refractivity contribution in [3.8, 4) is 17.2 Å². The van der Waals surface area contributed by atoms with Gasteiger partial charge in [-0.05, 0) is 29.7 Å². The maximum Gasteiger partial charge on any atom is 0.240 e. The molecule has 0 saturated carbocycles. The van der Waals surface area contributed by atoms with Crippen molar-refractivity contribution >= 4 is 10.0 Å². The first-order chi connectivity index (χ1) is 12.0. The van der Waals surface area contributed by atoms with Crippen molar-refractivity contribution in [2.24, 2.45) is 0 Å². The summed E-state index contributed by atoms with van der Waals surface area (Å²) in [7, 11) is -3.63. The summed E-state index contributed by atoms with van der Waals surface area (Å²) < 4.78 is 43.4. The third kappa shape index (κ3) is 4.05. The standard InChI is InChI=1S/C18H21NO5S/c1-13(2)15-5-3-4-6-16(15)22-10-9-19-25(20,21)14-7-8-17-18(11-14)24-12-23-17/h3-8,11,13,19H,9-10,12H2,1-2H3. The molecule has 6 nitrogen and oxygen atoms in total. The molecule has 0 saturated heterocycles. The van der Waals surface area contributed by atoms with Gasteiger partial charge >= 0.3 is 0 Å². The maximum absolute atomic E-state index is 12.4. The van der Waals surface area contributed by atoms with E-state index in [-0.39, 0.29) is 24.8 Å². The number of hydrogen-bond acceptors (Lipinski definition) is 5. The lowest BCUT2D eigenvalue weighted by atomic mass is 10.0. The highest BCUT2D eigenvalue weighted by Gasteiger charge is 2.20. The van der Waals surface area contributed by atoms with Crippen LogP contribution in [-0.4, -0.2) is 28.4 Å². The Labute approximate surface area is 147 Å². The molecule has 1 aliphatic rings. The Hall–Kier alpha value is -2.25. The summed E-state index contributed by atoms with van der Waals surface area (Å²) in [4.78, 5) is 0.138. The number of sulfonamides is 1. The second kappa shape index (κ2) is 7.33. The van der Waals surface area contributed by atoms with Gasteiger partial charge in [0, 0.05) is 12.6 Å². The van der Waals surface area contributed by atoms with Crippen LogP contribution >= 0.6 is 0 Å². The third-order valence-corrected chi connectivity index (χ3v) is 5.31. The molecule has 0 bridgehead atoms. The van der Waals surface area contributed by atoms with E-state index in [1.165, 1.54) is 12.1 Å². The van der Waals surface area contributed by atoms with Gasteiger partial charge in [0.1, 0.15) is 12.4 Å². The fourth-order valence-corrected chi connectivity index (χ4v) is 3.58. The number of ether oxygens (including phenoxy) is 3. The second-order valence-corrected chi connectivity index (χ2v) is 7.72. The summed E-state index contributed by atoms with van der Waals surface area (Å²) in [6, 6.07) is 12.3. The Bertz CT molecular complexity index is 848. The van der Waals surface area contributed by atoms with Crippen LogP contribution in [0.2, 0.25) is 0 Å². The number of hydrogen-bond donors (Lipinski definition) is 1. The van der Waals surface area contributed by atoms with Crippen molar-refractivity contribution in [1.82, 2.24) is 4.72 Å². The van der Waals surface area contributed by atoms with Crippen LogP contribution in [0.15, 0.2) is 47.4 Å². The van der Waals surface area contributed by atoms with Gasteiger partial charge < -0.3 is 14.2 Å². The van der Waals surface area contributed by atoms with Gasteiger partial charge in [-0.15, -0.1) is 0 Å². The highest BCUT2D eigenvalue weighted by molar-refractivity contribution is 7.89. The van der Waals surface area contributed by atoms with Crippen LogP contribution in [0.5, 0.6) is 17.2 Å². The molecule has 1 aliphatic heterocycles. The molecular formula is C18H21NO5S. The lowest BCUT2D eigenvalue weighted by Crippen LogP contribution is -2.28. The predicted molar refractivity (Wildman–Crippen MR) is 93.8 cm³/mol. The average molecular weight is 363 g/mol. The SMILES string of the molecule is CC(C)c1ccccc1OCCNS(=O)(=O)c1ccc2c(c1)OCO2. The summed E-state index contributed by atoms with van der Waals surface area (Å²) >= 11 is 0. The Morgan fingerprint density at radius 2 is 1.88 bits per heavy atom. The minimum absolute atomic E-state index is 0.107. The van der Waals surface area contributed by atoms with E-state index in [2.05, 4.69) is 18.6 Å². The first-order valence-electron chi connectivity index (χ1n) is 8.08. The van der Waals surface area contributed by atoms with Crippen molar-refractivity contribution in [1.29, 1.82) is 0 Å². The zero-order valence-electron chi connectivity index (χ0n) is 14.2. The van der Waals surface area contributed by atoms with Crippen LogP contribution in [0.1, 0.15) is 25.3 Å². The van der Waals surface area contributed by atoms with Gasteiger partial charge in [0.15, 0.2) is 11.5 Å². The van der Waals surface area contributed by atoms with Gasteiger partial charge in [-0.25, -0.2) is 13.1 Å². The molecule has 0 amide bonds. The summed E-state index contributed by atoms with van der Waals surface area (Å²) in [5.74, 6) is 2.10. The molecule has 2 aromatic carbocycles. The monoisotopic (exact) mass is 363 g/mol. The molecule has 134 valence electrons. The molecule has 0 fully saturated rings. The molecule has 0 aromatic heterocycles. The topological polar surface area (TPSA) is 73.9 Å². The highest BCUT2D eigenvalue weighted by Crippen LogP contribution is 2.33. The zero-order valence-corrected chi connectivity index (χ0v) is 15.0. The smallest absolute Gasteiger partial charge is 0.240 e. The van der Waals surface area contributed by atoms with Gasteiger partial charge in [-0.3, -0.25) is 0 Å². The van der Waals surface area contributed by atoms with Crippen LogP contribution in [0, 0.1) is 0 Å². The number of benzene rings is 2. The van der Waals surface area contributed by atoms with E-state index in [1.54, 1.807) is 6.07 Å². The van der Waals surface area contributed by atoms with Crippen molar-refractivity contribution < 1.29 is 22.6 Å². The van der Waals surface area contributed by atoms with E-state index in [9.17, 15) is 8.42 Å². The molecule has 0 atom stereocenters. The molecular weight excluding hydrogens is 342 g/mol. The van der Waals surface area contributed by atoms with Crippen molar-refractivity contribution in [2.75, 3.05) is 19.9 Å². The molecule has 3 rings (SSSR count). The Morgan fingerprint density at radius 1 is 1.12 bits per heavy atom. The average Bonchev–Trinajstić information content (AvgIpc) is 3.06. The highest BCUT2D eigenvalue weighted by atomic mass is 32.2. The quantitative estimate of drug-likeness (QED) is 0.766. The van der Waals surface area contributed by atoms with E-state index in [0.29, 0.717) is 17.4 Å². The van der Waals surface area contributed by atoms with E-state index in [1.807, 2.05) is 24.3 Å². The first-order valence-corrected chi connectivity index (χ1v) is 9.57. The molecule has 7 heteroatoms. The van der Waals surface area contributed by atoms with Gasteiger partial charge in [-0.2, -0.15) is 0 Å². The van der Waals surface area contributed by atoms with Crippen LogP contribution in [0.25, 0.3) is 0 Å². The van der Waals surface area contributed by atoms with Crippen molar-refractivity contribution in [3.63, 3.8) is 0 Å². The minimum atomic E-state index is -3.63. The van der Waals surface area contributed by atoms with Crippen molar-refractivity contribution in [3.05, 3.63) is 48.0 Å². The van der Waals surface area contributed by atoms with E-state index < -0.39 is 10.0 Å². The number of nitrogens with one attached hydrogen (secondary N) is 1. The molecule has 0 unspecified atom stereocenters. The second-order valence-electron chi connectivity index (χ2n) is 5.95. The van der Waals surface area contributed by atoms with Gasteiger partial charge in [-0.1, -0.05) is 32.0 Å². The number of para-hydroxylation sites is 1. The molecule has 1 N–H and O–H groups in total. The van der Waals surface area contributed by atoms with E-state index >= 15 is 0 Å². The van der Waals surface area contributed by atoms with E-state index in [4.69, 9.17) is 14.2 Å². The summed E-state index contributed by atoms with van der Waals surface area (Å²) in [5, 5.41) is 0. The molecule has 25 heavy (non-hydrogen) atoms. The van der Waals surface area contributed by atoms with Gasteiger partial charge in [0.2, 0.25) is 16.8 Å². The van der Waals surface area contributed by atoms with Crippen LogP contribution in [-0.2, 0) is 10.0 Å². The fraction of sp³-hybridized carbons (Fsp3) is 0.333. The molecule has 0 spiro atoms. The minimum Gasteiger partial charge on any atom is -0.492 e. The molecule has 1 heterocycles. The number of fused-ring (bicyclic) bond motifs is 1.